The number of amides is 1. The van der Waals surface area contributed by atoms with Crippen LogP contribution in [0, 0.1) is 34.8 Å². The van der Waals surface area contributed by atoms with Crippen molar-refractivity contribution in [1.82, 2.24) is 9.62 Å². The van der Waals surface area contributed by atoms with Crippen LogP contribution in [0.4, 0.5) is 14.5 Å². The highest BCUT2D eigenvalue weighted by atomic mass is 32.2. The largest absolute Gasteiger partial charge is 0.371 e. The van der Waals surface area contributed by atoms with Crippen molar-refractivity contribution in [2.75, 3.05) is 37.6 Å². The van der Waals surface area contributed by atoms with Crippen molar-refractivity contribution in [2.24, 2.45) is 11.8 Å². The van der Waals surface area contributed by atoms with E-state index in [4.69, 9.17) is 5.26 Å². The number of piperidine rings is 1. The van der Waals surface area contributed by atoms with E-state index in [9.17, 15) is 22.0 Å². The highest BCUT2D eigenvalue weighted by Crippen LogP contribution is 2.26. The van der Waals surface area contributed by atoms with Gasteiger partial charge in [0.25, 0.3) is 0 Å². The molecule has 0 aliphatic carbocycles. The second-order valence-corrected chi connectivity index (χ2v) is 10.7. The first-order chi connectivity index (χ1) is 16.3. The zero-order chi connectivity index (χ0) is 24.3. The summed E-state index contributed by atoms with van der Waals surface area (Å²) in [6, 6.07) is 11.6. The molecule has 2 aromatic rings. The Balaban J connectivity index is 1.25. The van der Waals surface area contributed by atoms with Crippen LogP contribution in [0.3, 0.4) is 0 Å². The van der Waals surface area contributed by atoms with E-state index in [1.165, 1.54) is 34.6 Å². The van der Waals surface area contributed by atoms with Crippen LogP contribution in [0.25, 0.3) is 0 Å². The number of carbonyl (C=O) groups excluding carboxylic acids is 1. The fraction of sp³-hybridized carbons (Fsp3) is 0.417. The van der Waals surface area contributed by atoms with E-state index in [2.05, 4.69) is 5.32 Å². The predicted octanol–water partition coefficient (Wildman–Crippen LogP) is 2.88. The maximum absolute atomic E-state index is 13.5. The van der Waals surface area contributed by atoms with Gasteiger partial charge in [-0.15, -0.1) is 0 Å². The number of nitrogens with one attached hydrogen (secondary N) is 1. The zero-order valence-corrected chi connectivity index (χ0v) is 19.4. The fourth-order valence-electron chi connectivity index (χ4n) is 4.51. The molecular formula is C24H26F2N4O3S. The summed E-state index contributed by atoms with van der Waals surface area (Å²) in [5.74, 6) is -1.88. The summed E-state index contributed by atoms with van der Waals surface area (Å²) in [5, 5.41) is 11.9. The molecule has 10 heteroatoms. The Labute approximate surface area is 198 Å². The molecule has 2 aliphatic heterocycles. The third-order valence-electron chi connectivity index (χ3n) is 6.57. The zero-order valence-electron chi connectivity index (χ0n) is 18.6. The SMILES string of the molecule is N#Cc1ccc(S(=O)(=O)N2CCC(C(=O)NCC3CCN(c4ccc(F)c(F)c4)C3)CC2)cc1. The Morgan fingerprint density at radius 3 is 2.38 bits per heavy atom. The molecule has 2 saturated heterocycles. The van der Waals surface area contributed by atoms with Crippen molar-refractivity contribution in [3.8, 4) is 6.07 Å². The lowest BCUT2D eigenvalue weighted by Gasteiger charge is -2.30. The van der Waals surface area contributed by atoms with Crippen LogP contribution in [-0.4, -0.2) is 51.4 Å². The van der Waals surface area contributed by atoms with Gasteiger partial charge in [-0.25, -0.2) is 17.2 Å². The molecule has 4 rings (SSSR count). The molecule has 0 spiro atoms. The van der Waals surface area contributed by atoms with E-state index in [0.29, 0.717) is 43.7 Å². The number of nitrogens with zero attached hydrogens (tertiary/aromatic N) is 3. The first kappa shape index (κ1) is 24.1. The van der Waals surface area contributed by atoms with Gasteiger partial charge in [0.05, 0.1) is 16.5 Å². The van der Waals surface area contributed by atoms with Crippen molar-refractivity contribution < 1.29 is 22.0 Å². The molecule has 1 N–H and O–H groups in total. The molecule has 180 valence electrons. The number of hydrogen-bond donors (Lipinski definition) is 1. The number of halogens is 2. The Bertz CT molecular complexity index is 1190. The van der Waals surface area contributed by atoms with Gasteiger partial charge in [0.15, 0.2) is 11.6 Å². The third-order valence-corrected chi connectivity index (χ3v) is 8.48. The molecule has 7 nitrogen and oxygen atoms in total. The lowest BCUT2D eigenvalue weighted by Crippen LogP contribution is -2.43. The number of rotatable bonds is 6. The number of anilines is 1. The molecule has 1 amide bonds. The minimum Gasteiger partial charge on any atom is -0.371 e. The number of sulfonamides is 1. The van der Waals surface area contributed by atoms with Crippen LogP contribution >= 0.6 is 0 Å². The molecule has 34 heavy (non-hydrogen) atoms. The number of nitriles is 1. The molecule has 0 radical (unpaired) electrons. The second-order valence-electron chi connectivity index (χ2n) is 8.76. The Morgan fingerprint density at radius 1 is 1.03 bits per heavy atom. The normalized spacial score (nSPS) is 19.7. The topological polar surface area (TPSA) is 93.5 Å². The van der Waals surface area contributed by atoms with Crippen LogP contribution in [0.1, 0.15) is 24.8 Å². The molecule has 2 aromatic carbocycles. The smallest absolute Gasteiger partial charge is 0.243 e. The summed E-state index contributed by atoms with van der Waals surface area (Å²) in [7, 11) is -3.66. The molecule has 1 atom stereocenters. The molecule has 1 unspecified atom stereocenters. The van der Waals surface area contributed by atoms with Crippen LogP contribution in [0.5, 0.6) is 0 Å². The first-order valence-electron chi connectivity index (χ1n) is 11.3. The van der Waals surface area contributed by atoms with E-state index in [1.807, 2.05) is 11.0 Å². The standard InChI is InChI=1S/C24H26F2N4O3S/c25-22-6-3-20(13-23(22)26)29-10-7-18(16-29)15-28-24(31)19-8-11-30(12-9-19)34(32,33)21-4-1-17(14-27)2-5-21/h1-6,13,18-19H,7-12,15-16H2,(H,28,31). The lowest BCUT2D eigenvalue weighted by atomic mass is 9.97. The summed E-state index contributed by atoms with van der Waals surface area (Å²) >= 11 is 0. The lowest BCUT2D eigenvalue weighted by molar-refractivity contribution is -0.126. The maximum atomic E-state index is 13.5. The van der Waals surface area contributed by atoms with E-state index < -0.39 is 21.7 Å². The predicted molar refractivity (Wildman–Crippen MR) is 122 cm³/mol. The van der Waals surface area contributed by atoms with Gasteiger partial charge in [0, 0.05) is 50.4 Å². The van der Waals surface area contributed by atoms with Crippen LogP contribution in [0.2, 0.25) is 0 Å². The van der Waals surface area contributed by atoms with Crippen molar-refractivity contribution in [1.29, 1.82) is 5.26 Å². The number of benzene rings is 2. The Kier molecular flexibility index (Phi) is 7.14. The molecule has 0 bridgehead atoms. The van der Waals surface area contributed by atoms with Crippen LogP contribution < -0.4 is 10.2 Å². The van der Waals surface area contributed by atoms with Gasteiger partial charge in [-0.3, -0.25) is 4.79 Å². The quantitative estimate of drug-likeness (QED) is 0.675. The van der Waals surface area contributed by atoms with Crippen LogP contribution in [-0.2, 0) is 14.8 Å². The minimum absolute atomic E-state index is 0.0818. The second kappa shape index (κ2) is 10.1. The van der Waals surface area contributed by atoms with E-state index in [0.717, 1.165) is 12.5 Å². The van der Waals surface area contributed by atoms with Gasteiger partial charge in [0.1, 0.15) is 0 Å². The summed E-state index contributed by atoms with van der Waals surface area (Å²) < 4.78 is 53.7. The van der Waals surface area contributed by atoms with Crippen molar-refractivity contribution >= 4 is 21.6 Å². The summed E-state index contributed by atoms with van der Waals surface area (Å²) in [6.07, 6.45) is 1.71. The summed E-state index contributed by atoms with van der Waals surface area (Å²) in [5.41, 5.74) is 1.02. The minimum atomic E-state index is -3.66. The van der Waals surface area contributed by atoms with E-state index in [1.54, 1.807) is 6.07 Å². The van der Waals surface area contributed by atoms with Crippen molar-refractivity contribution in [3.63, 3.8) is 0 Å². The van der Waals surface area contributed by atoms with Crippen molar-refractivity contribution in [2.45, 2.75) is 24.2 Å². The summed E-state index contributed by atoms with van der Waals surface area (Å²) in [4.78, 5) is 14.8. The van der Waals surface area contributed by atoms with E-state index in [-0.39, 0.29) is 35.7 Å². The van der Waals surface area contributed by atoms with E-state index >= 15 is 0 Å². The van der Waals surface area contributed by atoms with Gasteiger partial charge in [0.2, 0.25) is 15.9 Å². The monoisotopic (exact) mass is 488 g/mol. The molecule has 0 aromatic heterocycles. The maximum Gasteiger partial charge on any atom is 0.243 e. The van der Waals surface area contributed by atoms with Crippen molar-refractivity contribution in [3.05, 3.63) is 59.7 Å². The van der Waals surface area contributed by atoms with Gasteiger partial charge < -0.3 is 10.2 Å². The first-order valence-corrected chi connectivity index (χ1v) is 12.7. The Hall–Kier alpha value is -3.03. The molecule has 0 saturated carbocycles. The summed E-state index contributed by atoms with van der Waals surface area (Å²) in [6.45, 7) is 2.36. The number of carbonyl (C=O) groups is 1. The molecule has 2 aliphatic rings. The van der Waals surface area contributed by atoms with Gasteiger partial charge in [-0.2, -0.15) is 9.57 Å². The Morgan fingerprint density at radius 2 is 1.74 bits per heavy atom. The molecule has 2 heterocycles. The number of hydrogen-bond acceptors (Lipinski definition) is 5. The highest BCUT2D eigenvalue weighted by molar-refractivity contribution is 7.89. The molecular weight excluding hydrogens is 462 g/mol. The van der Waals surface area contributed by atoms with Crippen LogP contribution in [0.15, 0.2) is 47.4 Å². The highest BCUT2D eigenvalue weighted by Gasteiger charge is 2.32. The average Bonchev–Trinajstić information content (AvgIpc) is 3.33. The molecule has 2 fully saturated rings. The van der Waals surface area contributed by atoms with Gasteiger partial charge >= 0.3 is 0 Å². The fourth-order valence-corrected chi connectivity index (χ4v) is 5.98. The van der Waals surface area contributed by atoms with Gasteiger partial charge in [-0.05, 0) is 61.6 Å². The third kappa shape index (κ3) is 5.21. The average molecular weight is 489 g/mol. The van der Waals surface area contributed by atoms with Gasteiger partial charge in [-0.1, -0.05) is 0 Å².